The second kappa shape index (κ2) is 9.64. The molecule has 31 heavy (non-hydrogen) atoms. The van der Waals surface area contributed by atoms with E-state index in [4.69, 9.17) is 10.3 Å². The number of carbonyl (C=O) groups is 2. The molecule has 0 aliphatic heterocycles. The van der Waals surface area contributed by atoms with Gasteiger partial charge in [0.15, 0.2) is 0 Å². The maximum Gasteiger partial charge on any atom is 0.259 e. The maximum absolute atomic E-state index is 13.3. The Balaban J connectivity index is 1.74. The predicted octanol–water partition coefficient (Wildman–Crippen LogP) is 4.05. The van der Waals surface area contributed by atoms with E-state index in [1.165, 1.54) is 0 Å². The summed E-state index contributed by atoms with van der Waals surface area (Å²) in [7, 11) is 0. The topological polar surface area (TPSA) is 101 Å². The molecule has 7 nitrogen and oxygen atoms in total. The van der Waals surface area contributed by atoms with E-state index in [1.807, 2.05) is 38.1 Å². The summed E-state index contributed by atoms with van der Waals surface area (Å²) in [6.07, 6.45) is 4.20. The number of benzene rings is 1. The SMILES string of the molecule is Cc1noc(C)c1C(=O)N(Cc1ccc(NC(=O)C2CCCC2)cc1)CC(C)(C)CN. The zero-order valence-corrected chi connectivity index (χ0v) is 19.0. The van der Waals surface area contributed by atoms with Gasteiger partial charge in [0.25, 0.3) is 5.91 Å². The first-order chi connectivity index (χ1) is 14.7. The van der Waals surface area contributed by atoms with Gasteiger partial charge in [-0.3, -0.25) is 9.59 Å². The van der Waals surface area contributed by atoms with Gasteiger partial charge >= 0.3 is 0 Å². The van der Waals surface area contributed by atoms with Gasteiger partial charge in [0.2, 0.25) is 5.91 Å². The van der Waals surface area contributed by atoms with Crippen molar-refractivity contribution >= 4 is 17.5 Å². The van der Waals surface area contributed by atoms with Gasteiger partial charge in [0.05, 0.1) is 5.69 Å². The van der Waals surface area contributed by atoms with Crippen molar-refractivity contribution < 1.29 is 14.1 Å². The van der Waals surface area contributed by atoms with Gasteiger partial charge in [-0.15, -0.1) is 0 Å². The lowest BCUT2D eigenvalue weighted by atomic mass is 9.92. The molecule has 1 aromatic carbocycles. The number of nitrogens with zero attached hydrogens (tertiary/aromatic N) is 2. The molecule has 1 aromatic heterocycles. The van der Waals surface area contributed by atoms with Crippen molar-refractivity contribution in [3.05, 3.63) is 46.8 Å². The number of nitrogens with one attached hydrogen (secondary N) is 1. The summed E-state index contributed by atoms with van der Waals surface area (Å²) in [6.45, 7) is 9.02. The molecule has 0 radical (unpaired) electrons. The average molecular weight is 427 g/mol. The normalized spacial score (nSPS) is 14.6. The molecule has 0 bridgehead atoms. The van der Waals surface area contributed by atoms with Gasteiger partial charge in [-0.25, -0.2) is 0 Å². The number of aromatic nitrogens is 1. The van der Waals surface area contributed by atoms with Crippen molar-refractivity contribution in [3.63, 3.8) is 0 Å². The van der Waals surface area contributed by atoms with E-state index >= 15 is 0 Å². The standard InChI is InChI=1S/C24H34N4O3/c1-16-21(17(2)31-27-16)23(30)28(15-24(3,4)14-25)13-18-9-11-20(12-10-18)26-22(29)19-7-5-6-8-19/h9-12,19H,5-8,13-15,25H2,1-4H3,(H,26,29). The van der Waals surface area contributed by atoms with Crippen molar-refractivity contribution in [1.82, 2.24) is 10.1 Å². The highest BCUT2D eigenvalue weighted by molar-refractivity contribution is 5.96. The maximum atomic E-state index is 13.3. The Kier molecular flexibility index (Phi) is 7.15. The van der Waals surface area contributed by atoms with E-state index in [-0.39, 0.29) is 23.1 Å². The molecule has 1 aliphatic carbocycles. The largest absolute Gasteiger partial charge is 0.361 e. The third kappa shape index (κ3) is 5.73. The highest BCUT2D eigenvalue weighted by atomic mass is 16.5. The summed E-state index contributed by atoms with van der Waals surface area (Å²) in [5, 5.41) is 6.94. The lowest BCUT2D eigenvalue weighted by molar-refractivity contribution is -0.119. The Hall–Kier alpha value is -2.67. The summed E-state index contributed by atoms with van der Waals surface area (Å²) in [4.78, 5) is 27.5. The van der Waals surface area contributed by atoms with Gasteiger partial charge < -0.3 is 20.5 Å². The van der Waals surface area contributed by atoms with Crippen molar-refractivity contribution in [2.75, 3.05) is 18.4 Å². The summed E-state index contributed by atoms with van der Waals surface area (Å²) in [6, 6.07) is 7.70. The zero-order valence-electron chi connectivity index (χ0n) is 19.0. The molecule has 1 saturated carbocycles. The lowest BCUT2D eigenvalue weighted by Gasteiger charge is -2.32. The third-order valence-electron chi connectivity index (χ3n) is 6.03. The van der Waals surface area contributed by atoms with Gasteiger partial charge in [-0.2, -0.15) is 0 Å². The zero-order chi connectivity index (χ0) is 22.6. The first kappa shape index (κ1) is 23.0. The minimum absolute atomic E-state index is 0.102. The molecule has 0 unspecified atom stereocenters. The van der Waals surface area contributed by atoms with Crippen molar-refractivity contribution in [1.29, 1.82) is 0 Å². The number of hydrogen-bond acceptors (Lipinski definition) is 5. The Labute approximate surface area is 184 Å². The lowest BCUT2D eigenvalue weighted by Crippen LogP contribution is -2.42. The Morgan fingerprint density at radius 2 is 1.84 bits per heavy atom. The third-order valence-corrected chi connectivity index (χ3v) is 6.03. The molecule has 2 aromatic rings. The number of rotatable bonds is 8. The molecule has 7 heteroatoms. The second-order valence-corrected chi connectivity index (χ2v) is 9.40. The molecule has 0 atom stereocenters. The number of nitrogens with two attached hydrogens (primary N) is 1. The molecule has 3 rings (SSSR count). The van der Waals surface area contributed by atoms with Crippen LogP contribution in [0.3, 0.4) is 0 Å². The van der Waals surface area contributed by atoms with Crippen molar-refractivity contribution in [2.45, 2.75) is 59.9 Å². The Morgan fingerprint density at radius 1 is 1.19 bits per heavy atom. The summed E-state index contributed by atoms with van der Waals surface area (Å²) in [5.41, 5.74) is 8.56. The molecule has 2 amide bonds. The molecular formula is C24H34N4O3. The van der Waals surface area contributed by atoms with Crippen LogP contribution in [0.5, 0.6) is 0 Å². The van der Waals surface area contributed by atoms with E-state index < -0.39 is 0 Å². The summed E-state index contributed by atoms with van der Waals surface area (Å²) >= 11 is 0. The van der Waals surface area contributed by atoms with Gasteiger partial charge in [-0.05, 0) is 56.3 Å². The fourth-order valence-electron chi connectivity index (χ4n) is 4.07. The number of hydrogen-bond donors (Lipinski definition) is 2. The summed E-state index contributed by atoms with van der Waals surface area (Å²) in [5.74, 6) is 0.630. The molecule has 3 N–H and O–H groups in total. The van der Waals surface area contributed by atoms with Crippen LogP contribution in [-0.2, 0) is 11.3 Å². The minimum atomic E-state index is -0.232. The second-order valence-electron chi connectivity index (χ2n) is 9.40. The van der Waals surface area contributed by atoms with Crippen LogP contribution < -0.4 is 11.1 Å². The van der Waals surface area contributed by atoms with Crippen LogP contribution in [0.4, 0.5) is 5.69 Å². The average Bonchev–Trinajstić information content (AvgIpc) is 3.38. The van der Waals surface area contributed by atoms with Crippen LogP contribution in [0, 0.1) is 25.2 Å². The van der Waals surface area contributed by atoms with Crippen LogP contribution in [0.15, 0.2) is 28.8 Å². The number of aryl methyl sites for hydroxylation is 2. The smallest absolute Gasteiger partial charge is 0.259 e. The molecule has 0 spiro atoms. The Morgan fingerprint density at radius 3 is 2.39 bits per heavy atom. The van der Waals surface area contributed by atoms with Gasteiger partial charge in [0.1, 0.15) is 11.3 Å². The van der Waals surface area contributed by atoms with E-state index in [9.17, 15) is 9.59 Å². The first-order valence-corrected chi connectivity index (χ1v) is 11.0. The fraction of sp³-hybridized carbons (Fsp3) is 0.542. The molecule has 0 saturated heterocycles. The monoisotopic (exact) mass is 426 g/mol. The number of amides is 2. The molecule has 1 fully saturated rings. The molecular weight excluding hydrogens is 392 g/mol. The first-order valence-electron chi connectivity index (χ1n) is 11.0. The molecule has 1 heterocycles. The molecule has 168 valence electrons. The van der Waals surface area contributed by atoms with Crippen LogP contribution in [0.2, 0.25) is 0 Å². The van der Waals surface area contributed by atoms with Crippen LogP contribution >= 0.6 is 0 Å². The van der Waals surface area contributed by atoms with Crippen LogP contribution in [0.1, 0.15) is 66.9 Å². The Bertz CT molecular complexity index is 892. The van der Waals surface area contributed by atoms with E-state index in [1.54, 1.807) is 18.7 Å². The van der Waals surface area contributed by atoms with E-state index in [0.29, 0.717) is 36.7 Å². The highest BCUT2D eigenvalue weighted by Gasteiger charge is 2.28. The number of carbonyl (C=O) groups excluding carboxylic acids is 2. The highest BCUT2D eigenvalue weighted by Crippen LogP contribution is 2.26. The fourth-order valence-corrected chi connectivity index (χ4v) is 4.07. The van der Waals surface area contributed by atoms with Crippen LogP contribution in [0.25, 0.3) is 0 Å². The van der Waals surface area contributed by atoms with Gasteiger partial charge in [0, 0.05) is 24.7 Å². The summed E-state index contributed by atoms with van der Waals surface area (Å²) < 4.78 is 5.21. The van der Waals surface area contributed by atoms with Crippen molar-refractivity contribution in [2.24, 2.45) is 17.1 Å². The van der Waals surface area contributed by atoms with Crippen LogP contribution in [-0.4, -0.2) is 35.0 Å². The van der Waals surface area contributed by atoms with E-state index in [2.05, 4.69) is 10.5 Å². The minimum Gasteiger partial charge on any atom is -0.361 e. The number of anilines is 1. The molecule has 1 aliphatic rings. The quantitative estimate of drug-likeness (QED) is 0.663. The van der Waals surface area contributed by atoms with Gasteiger partial charge in [-0.1, -0.05) is 44.0 Å². The van der Waals surface area contributed by atoms with Crippen molar-refractivity contribution in [3.8, 4) is 0 Å². The predicted molar refractivity (Wildman–Crippen MR) is 121 cm³/mol. The van der Waals surface area contributed by atoms with E-state index in [0.717, 1.165) is 36.9 Å².